The second-order valence-electron chi connectivity index (χ2n) is 2.33. The van der Waals surface area contributed by atoms with Crippen molar-refractivity contribution in [3.63, 3.8) is 0 Å². The molecule has 0 spiro atoms. The molecule has 15 heavy (non-hydrogen) atoms. The third-order valence-electron chi connectivity index (χ3n) is 1.22. The van der Waals surface area contributed by atoms with Gasteiger partial charge in [-0.2, -0.15) is 0 Å². The topological polar surface area (TPSA) is 70.9 Å². The lowest BCUT2D eigenvalue weighted by atomic mass is 9.60. The first-order valence-electron chi connectivity index (χ1n) is 4.28. The molecule has 0 aliphatic rings. The van der Waals surface area contributed by atoms with Crippen molar-refractivity contribution in [3.8, 4) is 0 Å². The maximum absolute atomic E-state index is 10.1. The Morgan fingerprint density at radius 2 is 2.27 bits per heavy atom. The molecule has 0 aromatic carbocycles. The summed E-state index contributed by atoms with van der Waals surface area (Å²) in [5.74, 6) is 0.358. The Bertz CT molecular complexity index is 290. The smallest absolute Gasteiger partial charge is 0.391 e. The summed E-state index contributed by atoms with van der Waals surface area (Å²) in [6.07, 6.45) is 5.11. The number of carbonyl (C=O) groups is 1. The van der Waals surface area contributed by atoms with Crippen molar-refractivity contribution in [1.82, 2.24) is 5.23 Å². The highest BCUT2D eigenvalue weighted by atomic mass is 16.4. The molecule has 2 N–H and O–H groups in total. The van der Waals surface area contributed by atoms with Crippen LogP contribution in [0.2, 0.25) is 0 Å². The van der Waals surface area contributed by atoms with E-state index in [9.17, 15) is 4.79 Å². The molecule has 0 atom stereocenters. The van der Waals surface area contributed by atoms with Gasteiger partial charge in [0.15, 0.2) is 5.90 Å². The monoisotopic (exact) mass is 206 g/mol. The molecular weight excluding hydrogens is 194 g/mol. The van der Waals surface area contributed by atoms with Crippen molar-refractivity contribution >= 4 is 26.7 Å². The van der Waals surface area contributed by atoms with E-state index in [1.807, 2.05) is 0 Å². The largest absolute Gasteiger partial charge is 0.557 e. The molecular formula is C8H12B2N2O3. The number of nitrogens with zero attached hydrogens (tertiary/aromatic N) is 1. The van der Waals surface area contributed by atoms with Crippen molar-refractivity contribution < 1.29 is 14.6 Å². The summed E-state index contributed by atoms with van der Waals surface area (Å²) in [5, 5.41) is 10.4. The average molecular weight is 206 g/mol. The third kappa shape index (κ3) is 8.42. The molecule has 0 heterocycles. The van der Waals surface area contributed by atoms with Crippen LogP contribution in [0, 0.1) is 0 Å². The first-order chi connectivity index (χ1) is 7.20. The number of carboxylic acid groups (broad SMARTS) is 1. The summed E-state index contributed by atoms with van der Waals surface area (Å²) < 4.78 is 5.15. The zero-order chi connectivity index (χ0) is 11.5. The van der Waals surface area contributed by atoms with Gasteiger partial charge in [-0.3, -0.25) is 0 Å². The van der Waals surface area contributed by atoms with Crippen LogP contribution in [-0.2, 0) is 4.65 Å². The Morgan fingerprint density at radius 3 is 2.80 bits per heavy atom. The van der Waals surface area contributed by atoms with E-state index in [1.165, 1.54) is 6.20 Å². The lowest BCUT2D eigenvalue weighted by Crippen LogP contribution is -2.31. The van der Waals surface area contributed by atoms with Gasteiger partial charge >= 0.3 is 13.5 Å². The van der Waals surface area contributed by atoms with Crippen LogP contribution in [0.1, 0.15) is 0 Å². The van der Waals surface area contributed by atoms with E-state index in [0.717, 1.165) is 0 Å². The second-order valence-corrected chi connectivity index (χ2v) is 2.33. The number of aliphatic imine (C=N–C) groups is 1. The van der Waals surface area contributed by atoms with E-state index in [1.54, 1.807) is 18.2 Å². The van der Waals surface area contributed by atoms with Crippen LogP contribution in [0.3, 0.4) is 0 Å². The lowest BCUT2D eigenvalue weighted by Gasteiger charge is -2.02. The number of hydrogen-bond donors (Lipinski definition) is 2. The highest BCUT2D eigenvalue weighted by molar-refractivity contribution is 6.97. The first kappa shape index (κ1) is 13.1. The van der Waals surface area contributed by atoms with Gasteiger partial charge in [-0.15, -0.1) is 0 Å². The van der Waals surface area contributed by atoms with Crippen molar-refractivity contribution in [2.45, 2.75) is 0 Å². The Morgan fingerprint density at radius 1 is 1.53 bits per heavy atom. The van der Waals surface area contributed by atoms with E-state index >= 15 is 0 Å². The molecule has 0 aromatic rings. The van der Waals surface area contributed by atoms with Crippen LogP contribution >= 0.6 is 0 Å². The van der Waals surface area contributed by atoms with Crippen LogP contribution < -0.4 is 5.23 Å². The van der Waals surface area contributed by atoms with Crippen LogP contribution in [-0.4, -0.2) is 31.8 Å². The minimum Gasteiger partial charge on any atom is -0.557 e. The van der Waals surface area contributed by atoms with E-state index in [2.05, 4.69) is 23.4 Å². The SMILES string of the molecule is C=C/C=C\C(=N/C=C)OBBNC(=O)O. The first-order valence-corrected chi connectivity index (χ1v) is 4.28. The van der Waals surface area contributed by atoms with E-state index in [-0.39, 0.29) is 14.7 Å². The highest BCUT2D eigenvalue weighted by Gasteiger charge is 2.01. The minimum atomic E-state index is -1.08. The number of allylic oxidation sites excluding steroid dienone is 2. The molecule has 0 radical (unpaired) electrons. The van der Waals surface area contributed by atoms with Gasteiger partial charge < -0.3 is 15.0 Å². The van der Waals surface area contributed by atoms with E-state index in [4.69, 9.17) is 9.76 Å². The molecule has 0 saturated carbocycles. The molecule has 0 aliphatic heterocycles. The molecule has 0 aromatic heterocycles. The molecule has 0 saturated heterocycles. The molecule has 78 valence electrons. The summed E-state index contributed by atoms with van der Waals surface area (Å²) >= 11 is 0. The van der Waals surface area contributed by atoms with Crippen molar-refractivity contribution in [2.75, 3.05) is 0 Å². The number of amides is 1. The van der Waals surface area contributed by atoms with Crippen LogP contribution in [0.4, 0.5) is 4.79 Å². The van der Waals surface area contributed by atoms with E-state index < -0.39 is 6.09 Å². The van der Waals surface area contributed by atoms with Gasteiger partial charge in [-0.1, -0.05) is 25.3 Å². The van der Waals surface area contributed by atoms with Gasteiger partial charge in [-0.25, -0.2) is 9.79 Å². The molecule has 0 unspecified atom stereocenters. The lowest BCUT2D eigenvalue weighted by molar-refractivity contribution is 0.201. The normalized spacial score (nSPS) is 10.5. The molecule has 1 amide bonds. The predicted molar refractivity (Wildman–Crippen MR) is 63.5 cm³/mol. The summed E-state index contributed by atoms with van der Waals surface area (Å²) in [5.41, 5.74) is 0. The molecule has 5 nitrogen and oxygen atoms in total. The number of rotatable bonds is 6. The zero-order valence-electron chi connectivity index (χ0n) is 8.35. The maximum Gasteiger partial charge on any atom is 0.391 e. The quantitative estimate of drug-likeness (QED) is 0.214. The third-order valence-corrected chi connectivity index (χ3v) is 1.22. The Hall–Kier alpha value is -1.91. The predicted octanol–water partition coefficient (Wildman–Crippen LogP) is 0.173. The van der Waals surface area contributed by atoms with Crippen molar-refractivity contribution in [2.24, 2.45) is 4.99 Å². The fourth-order valence-corrected chi connectivity index (χ4v) is 0.682. The maximum atomic E-state index is 10.1. The van der Waals surface area contributed by atoms with Gasteiger partial charge in [0.05, 0.1) is 0 Å². The summed E-state index contributed by atoms with van der Waals surface area (Å²) in [4.78, 5) is 13.9. The standard InChI is InChI=1S/C8H12B2N2O3/c1-3-5-6-7(11-4-2)15-10-9-12-8(13)14/h3-6,9-10,12H,1-2H2,(H,13,14)/b6-5-,11-7+. The van der Waals surface area contributed by atoms with Crippen LogP contribution in [0.15, 0.2) is 42.6 Å². The molecule has 0 fully saturated rings. The Labute approximate surface area is 89.8 Å². The summed E-state index contributed by atoms with van der Waals surface area (Å²) in [6.45, 7) is 6.93. The summed E-state index contributed by atoms with van der Waals surface area (Å²) in [7, 11) is 0.411. The number of hydrogen-bond acceptors (Lipinski definition) is 3. The molecule has 7 heteroatoms. The molecule has 0 rings (SSSR count). The Balaban J connectivity index is 3.92. The van der Waals surface area contributed by atoms with Crippen LogP contribution in [0.25, 0.3) is 0 Å². The molecule has 0 bridgehead atoms. The van der Waals surface area contributed by atoms with Crippen molar-refractivity contribution in [3.05, 3.63) is 37.6 Å². The highest BCUT2D eigenvalue weighted by Crippen LogP contribution is 1.86. The Kier molecular flexibility index (Phi) is 7.57. The number of nitrogens with one attached hydrogen (secondary N) is 1. The fourth-order valence-electron chi connectivity index (χ4n) is 0.682. The average Bonchev–Trinajstić information content (AvgIpc) is 2.20. The van der Waals surface area contributed by atoms with Gasteiger partial charge in [0.2, 0.25) is 0 Å². The zero-order valence-corrected chi connectivity index (χ0v) is 8.35. The van der Waals surface area contributed by atoms with Crippen LogP contribution in [0.5, 0.6) is 0 Å². The van der Waals surface area contributed by atoms with E-state index in [0.29, 0.717) is 5.90 Å². The van der Waals surface area contributed by atoms with Gasteiger partial charge in [0.25, 0.3) is 7.31 Å². The second kappa shape index (κ2) is 8.68. The van der Waals surface area contributed by atoms with Crippen molar-refractivity contribution in [1.29, 1.82) is 0 Å². The van der Waals surface area contributed by atoms with Gasteiger partial charge in [0, 0.05) is 6.20 Å². The van der Waals surface area contributed by atoms with Gasteiger partial charge in [0.1, 0.15) is 0 Å². The van der Waals surface area contributed by atoms with Gasteiger partial charge in [-0.05, 0) is 6.08 Å². The fraction of sp³-hybridized carbons (Fsp3) is 0. The molecule has 0 aliphatic carbocycles. The minimum absolute atomic E-state index is 0.202. The summed E-state index contributed by atoms with van der Waals surface area (Å²) in [6, 6.07) is 0.